The maximum Gasteiger partial charge on any atom is 0.152 e. The van der Waals surface area contributed by atoms with Crippen molar-refractivity contribution in [2.24, 2.45) is 0 Å². The third kappa shape index (κ3) is 2.65. The van der Waals surface area contributed by atoms with E-state index in [1.807, 2.05) is 12.3 Å². The lowest BCUT2D eigenvalue weighted by atomic mass is 10.1. The molecule has 1 heterocycles. The van der Waals surface area contributed by atoms with Crippen LogP contribution in [-0.4, -0.2) is 0 Å². The monoisotopic (exact) mass is 287 g/mol. The van der Waals surface area contributed by atoms with Crippen molar-refractivity contribution < 1.29 is 8.78 Å². The number of halogens is 3. The molecule has 0 spiro atoms. The zero-order chi connectivity index (χ0) is 13.3. The largest absolute Gasteiger partial charge is 0.374 e. The summed E-state index contributed by atoms with van der Waals surface area (Å²) in [5.41, 5.74) is 1.23. The van der Waals surface area contributed by atoms with E-state index in [2.05, 4.69) is 5.32 Å². The van der Waals surface area contributed by atoms with E-state index in [9.17, 15) is 8.78 Å². The Hall–Kier alpha value is -1.13. The summed E-state index contributed by atoms with van der Waals surface area (Å²) >= 11 is 7.23. The molecule has 0 fully saturated rings. The van der Waals surface area contributed by atoms with Gasteiger partial charge in [0, 0.05) is 6.04 Å². The van der Waals surface area contributed by atoms with Crippen LogP contribution in [0.15, 0.2) is 23.6 Å². The number of hydrogen-bond acceptors (Lipinski definition) is 2. The fraction of sp³-hybridized carbons (Fsp3) is 0.231. The first-order valence-electron chi connectivity index (χ1n) is 5.44. The van der Waals surface area contributed by atoms with E-state index in [1.165, 1.54) is 23.5 Å². The number of nitrogens with one attached hydrogen (secondary N) is 1. The predicted molar refractivity (Wildman–Crippen MR) is 72.5 cm³/mol. The van der Waals surface area contributed by atoms with Crippen LogP contribution in [0.3, 0.4) is 0 Å². The molecule has 1 unspecified atom stereocenters. The molecule has 0 aliphatic heterocycles. The van der Waals surface area contributed by atoms with E-state index >= 15 is 0 Å². The Kier molecular flexibility index (Phi) is 3.88. The van der Waals surface area contributed by atoms with E-state index in [1.54, 1.807) is 13.0 Å². The van der Waals surface area contributed by atoms with E-state index in [0.29, 0.717) is 9.90 Å². The Bertz CT molecular complexity index is 568. The molecule has 0 amide bonds. The minimum Gasteiger partial charge on any atom is -0.374 e. The highest BCUT2D eigenvalue weighted by Gasteiger charge is 2.15. The first kappa shape index (κ1) is 13.3. The van der Waals surface area contributed by atoms with Gasteiger partial charge in [0.25, 0.3) is 0 Å². The maximum atomic E-state index is 13.8. The molecule has 1 aromatic heterocycles. The number of aryl methyl sites for hydroxylation is 1. The van der Waals surface area contributed by atoms with Crippen molar-refractivity contribution >= 4 is 28.6 Å². The molecule has 1 nitrogen and oxygen atoms in total. The highest BCUT2D eigenvalue weighted by Crippen LogP contribution is 2.29. The van der Waals surface area contributed by atoms with Crippen LogP contribution in [-0.2, 0) is 0 Å². The Morgan fingerprint density at radius 3 is 2.67 bits per heavy atom. The second-order valence-electron chi connectivity index (χ2n) is 4.10. The molecule has 1 atom stereocenters. The van der Waals surface area contributed by atoms with Crippen LogP contribution in [0.1, 0.15) is 24.1 Å². The molecule has 5 heteroatoms. The van der Waals surface area contributed by atoms with Crippen molar-refractivity contribution in [2.75, 3.05) is 5.32 Å². The molecular formula is C13H12ClF2NS. The number of thiophene rings is 1. The SMILES string of the molecule is Cc1ccc(F)c(NC(C)c2csc(Cl)c2)c1F. The summed E-state index contributed by atoms with van der Waals surface area (Å²) in [6.45, 7) is 3.44. The second kappa shape index (κ2) is 5.24. The van der Waals surface area contributed by atoms with Crippen LogP contribution in [0.5, 0.6) is 0 Å². The van der Waals surface area contributed by atoms with Crippen molar-refractivity contribution in [3.05, 3.63) is 50.7 Å². The van der Waals surface area contributed by atoms with E-state index in [0.717, 1.165) is 5.56 Å². The molecule has 2 aromatic rings. The normalized spacial score (nSPS) is 12.5. The molecule has 18 heavy (non-hydrogen) atoms. The van der Waals surface area contributed by atoms with Gasteiger partial charge in [-0.15, -0.1) is 11.3 Å². The zero-order valence-corrected chi connectivity index (χ0v) is 11.5. The van der Waals surface area contributed by atoms with Gasteiger partial charge in [0.1, 0.15) is 11.5 Å². The summed E-state index contributed by atoms with van der Waals surface area (Å²) in [4.78, 5) is 0. The van der Waals surface area contributed by atoms with E-state index < -0.39 is 11.6 Å². The highest BCUT2D eigenvalue weighted by molar-refractivity contribution is 7.14. The van der Waals surface area contributed by atoms with Crippen LogP contribution in [0, 0.1) is 18.6 Å². The molecule has 0 bridgehead atoms. The lowest BCUT2D eigenvalue weighted by Crippen LogP contribution is -2.09. The van der Waals surface area contributed by atoms with Crippen molar-refractivity contribution in [3.63, 3.8) is 0 Å². The lowest BCUT2D eigenvalue weighted by Gasteiger charge is -2.16. The topological polar surface area (TPSA) is 12.0 Å². The summed E-state index contributed by atoms with van der Waals surface area (Å²) in [6, 6.07) is 4.26. The first-order chi connectivity index (χ1) is 8.49. The average molecular weight is 288 g/mol. The highest BCUT2D eigenvalue weighted by atomic mass is 35.5. The van der Waals surface area contributed by atoms with Gasteiger partial charge in [-0.1, -0.05) is 17.7 Å². The summed E-state index contributed by atoms with van der Waals surface area (Å²) in [7, 11) is 0. The van der Waals surface area contributed by atoms with Crippen LogP contribution in [0.2, 0.25) is 4.34 Å². The summed E-state index contributed by atoms with van der Waals surface area (Å²) < 4.78 is 28.1. The fourth-order valence-corrected chi connectivity index (χ4v) is 2.62. The lowest BCUT2D eigenvalue weighted by molar-refractivity contribution is 0.579. The molecular weight excluding hydrogens is 276 g/mol. The maximum absolute atomic E-state index is 13.8. The number of anilines is 1. The second-order valence-corrected chi connectivity index (χ2v) is 5.65. The number of benzene rings is 1. The molecule has 0 saturated carbocycles. The molecule has 0 aliphatic rings. The van der Waals surface area contributed by atoms with Gasteiger partial charge in [0.2, 0.25) is 0 Å². The van der Waals surface area contributed by atoms with Crippen molar-refractivity contribution in [1.82, 2.24) is 0 Å². The molecule has 0 radical (unpaired) electrons. The number of hydrogen-bond donors (Lipinski definition) is 1. The van der Waals surface area contributed by atoms with Gasteiger partial charge in [-0.25, -0.2) is 8.78 Å². The molecule has 1 N–H and O–H groups in total. The van der Waals surface area contributed by atoms with Gasteiger partial charge in [0.15, 0.2) is 5.82 Å². The Balaban J connectivity index is 2.27. The van der Waals surface area contributed by atoms with Crippen LogP contribution < -0.4 is 5.32 Å². The Morgan fingerprint density at radius 2 is 2.06 bits per heavy atom. The molecule has 96 valence electrons. The first-order valence-corrected chi connectivity index (χ1v) is 6.70. The standard InChI is InChI=1S/C13H12ClF2NS/c1-7-3-4-10(15)13(12(7)16)17-8(2)9-5-11(14)18-6-9/h3-6,8,17H,1-2H3. The van der Waals surface area contributed by atoms with E-state index in [-0.39, 0.29) is 11.7 Å². The van der Waals surface area contributed by atoms with Crippen molar-refractivity contribution in [1.29, 1.82) is 0 Å². The van der Waals surface area contributed by atoms with Crippen molar-refractivity contribution in [2.45, 2.75) is 19.9 Å². The van der Waals surface area contributed by atoms with Gasteiger partial charge in [-0.05, 0) is 42.5 Å². The van der Waals surface area contributed by atoms with Crippen LogP contribution in [0.25, 0.3) is 0 Å². The third-order valence-electron chi connectivity index (χ3n) is 2.73. The predicted octanol–water partition coefficient (Wildman–Crippen LogP) is 5.16. The molecule has 1 aromatic carbocycles. The van der Waals surface area contributed by atoms with Gasteiger partial charge < -0.3 is 5.32 Å². The van der Waals surface area contributed by atoms with Gasteiger partial charge in [-0.2, -0.15) is 0 Å². The quantitative estimate of drug-likeness (QED) is 0.822. The minimum absolute atomic E-state index is 0.0928. The van der Waals surface area contributed by atoms with Crippen LogP contribution in [0.4, 0.5) is 14.5 Å². The average Bonchev–Trinajstić information content (AvgIpc) is 2.76. The number of rotatable bonds is 3. The summed E-state index contributed by atoms with van der Waals surface area (Å²) in [5, 5.41) is 4.71. The smallest absolute Gasteiger partial charge is 0.152 e. The van der Waals surface area contributed by atoms with Gasteiger partial charge in [-0.3, -0.25) is 0 Å². The summed E-state index contributed by atoms with van der Waals surface area (Å²) in [5.74, 6) is -1.14. The molecule has 0 saturated heterocycles. The molecule has 2 rings (SSSR count). The Labute approximate surface area is 113 Å². The minimum atomic E-state index is -0.591. The van der Waals surface area contributed by atoms with E-state index in [4.69, 9.17) is 11.6 Å². The summed E-state index contributed by atoms with van der Waals surface area (Å²) in [6.07, 6.45) is 0. The zero-order valence-electron chi connectivity index (χ0n) is 9.93. The van der Waals surface area contributed by atoms with Gasteiger partial charge in [0.05, 0.1) is 4.34 Å². The van der Waals surface area contributed by atoms with Crippen molar-refractivity contribution in [3.8, 4) is 0 Å². The molecule has 0 aliphatic carbocycles. The van der Waals surface area contributed by atoms with Crippen LogP contribution >= 0.6 is 22.9 Å². The van der Waals surface area contributed by atoms with Gasteiger partial charge >= 0.3 is 0 Å². The Morgan fingerprint density at radius 1 is 1.33 bits per heavy atom. The fourth-order valence-electron chi connectivity index (χ4n) is 1.64. The third-order valence-corrected chi connectivity index (χ3v) is 3.84.